The van der Waals surface area contributed by atoms with E-state index in [-0.39, 0.29) is 22.7 Å². The number of nitrogens with one attached hydrogen (secondary N) is 1. The van der Waals surface area contributed by atoms with Gasteiger partial charge < -0.3 is 14.4 Å². The van der Waals surface area contributed by atoms with E-state index >= 15 is 0 Å². The van der Waals surface area contributed by atoms with E-state index in [1.54, 1.807) is 19.2 Å². The Morgan fingerprint density at radius 2 is 1.98 bits per heavy atom. The third kappa shape index (κ3) is 5.51. The molecule has 4 atom stereocenters. The van der Waals surface area contributed by atoms with Crippen molar-refractivity contribution in [3.8, 4) is 5.75 Å². The summed E-state index contributed by atoms with van der Waals surface area (Å²) in [5.74, 6) is 0.312. The van der Waals surface area contributed by atoms with Crippen molar-refractivity contribution in [2.24, 2.45) is 11.3 Å². The van der Waals surface area contributed by atoms with Crippen LogP contribution in [0.25, 0.3) is 0 Å². The number of nitrogens with zero attached hydrogens (tertiary/aromatic N) is 1. The number of hydrogen-bond acceptors (Lipinski definition) is 6. The first kappa shape index (κ1) is 28.6. The lowest BCUT2D eigenvalue weighted by Crippen LogP contribution is -2.54. The van der Waals surface area contributed by atoms with Gasteiger partial charge in [0.05, 0.1) is 24.2 Å². The van der Waals surface area contributed by atoms with E-state index in [0.717, 1.165) is 55.9 Å². The van der Waals surface area contributed by atoms with Crippen LogP contribution in [0.1, 0.15) is 66.9 Å². The van der Waals surface area contributed by atoms with Gasteiger partial charge in [0.2, 0.25) is 10.0 Å². The molecule has 2 unspecified atom stereocenters. The van der Waals surface area contributed by atoms with Gasteiger partial charge in [-0.1, -0.05) is 36.7 Å². The van der Waals surface area contributed by atoms with Gasteiger partial charge in [0.1, 0.15) is 5.75 Å². The summed E-state index contributed by atoms with van der Waals surface area (Å²) in [7, 11) is -2.01. The summed E-state index contributed by atoms with van der Waals surface area (Å²) in [5.41, 5.74) is 3.45. The van der Waals surface area contributed by atoms with E-state index in [4.69, 9.17) is 21.1 Å². The van der Waals surface area contributed by atoms with Gasteiger partial charge in [-0.25, -0.2) is 13.1 Å². The van der Waals surface area contributed by atoms with E-state index in [1.807, 2.05) is 18.2 Å². The first-order valence-corrected chi connectivity index (χ1v) is 16.7. The van der Waals surface area contributed by atoms with Crippen molar-refractivity contribution < 1.29 is 22.7 Å². The molecule has 2 bridgehead atoms. The Hall–Kier alpha value is -2.55. The quantitative estimate of drug-likeness (QED) is 0.427. The maximum atomic E-state index is 13.2. The Morgan fingerprint density at radius 1 is 1.12 bits per heavy atom. The molecule has 220 valence electrons. The Labute approximate surface area is 248 Å². The van der Waals surface area contributed by atoms with Gasteiger partial charge >= 0.3 is 0 Å². The Bertz CT molecular complexity index is 1480. The maximum Gasteiger partial charge on any atom is 0.264 e. The van der Waals surface area contributed by atoms with E-state index in [0.29, 0.717) is 36.7 Å². The third-order valence-corrected chi connectivity index (χ3v) is 11.4. The lowest BCUT2D eigenvalue weighted by atomic mass is 9.58. The van der Waals surface area contributed by atoms with Gasteiger partial charge in [0.25, 0.3) is 5.91 Å². The standard InChI is InChI=1S/C32H39ClN2O5S/c1-31-15-13-26(31)28(39-2)8-4-3-5-16-41(37,38)34-30(36)23-9-12-29-27(18-23)35(19-31)20-32(21-40-29)14-6-7-22-17-24(33)10-11-25(22)32/h4,8-12,17-18,26,28H,3,5-7,13-16,19-21H2,1-2H3,(H,34,36)/b8-4+/t26-,28?,31?,32-/m0/s1. The zero-order valence-electron chi connectivity index (χ0n) is 23.8. The number of hydrogen-bond donors (Lipinski definition) is 1. The second-order valence-electron chi connectivity index (χ2n) is 12.6. The zero-order valence-corrected chi connectivity index (χ0v) is 25.4. The fraction of sp³-hybridized carbons (Fsp3) is 0.531. The number of allylic oxidation sites excluding steroid dienone is 1. The van der Waals surface area contributed by atoms with Crippen LogP contribution in [0.4, 0.5) is 5.69 Å². The van der Waals surface area contributed by atoms with E-state index in [9.17, 15) is 13.2 Å². The Morgan fingerprint density at radius 3 is 2.76 bits per heavy atom. The number of sulfonamides is 1. The molecule has 0 radical (unpaired) electrons. The van der Waals surface area contributed by atoms with Crippen molar-refractivity contribution in [1.29, 1.82) is 0 Å². The number of methoxy groups -OCH3 is 1. The molecule has 1 N–H and O–H groups in total. The predicted molar refractivity (Wildman–Crippen MR) is 161 cm³/mol. The van der Waals surface area contributed by atoms with Gasteiger partial charge in [-0.05, 0) is 97.7 Å². The number of carbonyl (C=O) groups excluding carboxylic acids is 1. The number of aryl methyl sites for hydroxylation is 1. The minimum atomic E-state index is -3.77. The van der Waals surface area contributed by atoms with Crippen LogP contribution in [0.15, 0.2) is 48.6 Å². The molecule has 1 amide bonds. The summed E-state index contributed by atoms with van der Waals surface area (Å²) in [6, 6.07) is 11.5. The number of fused-ring (bicyclic) bond motifs is 4. The molecule has 1 fully saturated rings. The van der Waals surface area contributed by atoms with E-state index in [2.05, 4.69) is 34.8 Å². The van der Waals surface area contributed by atoms with Crippen LogP contribution in [-0.4, -0.2) is 53.0 Å². The molecule has 2 aliphatic carbocycles. The predicted octanol–water partition coefficient (Wildman–Crippen LogP) is 5.65. The van der Waals surface area contributed by atoms with Crippen LogP contribution < -0.4 is 14.4 Å². The number of amides is 1. The molecule has 0 aromatic heterocycles. The highest BCUT2D eigenvalue weighted by Gasteiger charge is 2.49. The van der Waals surface area contributed by atoms with Crippen LogP contribution in [0.3, 0.4) is 0 Å². The lowest BCUT2D eigenvalue weighted by molar-refractivity contribution is -0.0438. The third-order valence-electron chi connectivity index (χ3n) is 9.80. The lowest BCUT2D eigenvalue weighted by Gasteiger charge is -2.53. The number of benzene rings is 2. The molecular formula is C32H39ClN2O5S. The van der Waals surface area contributed by atoms with Crippen LogP contribution in [-0.2, 0) is 26.6 Å². The molecule has 2 heterocycles. The minimum Gasteiger partial charge on any atom is -0.490 e. The molecule has 4 aliphatic rings. The number of anilines is 1. The molecule has 41 heavy (non-hydrogen) atoms. The zero-order chi connectivity index (χ0) is 28.8. The SMILES string of the molecule is COC1/C=C/CCCS(=O)(=O)NC(=O)c2ccc3c(c2)N(CC2(C)CC[C@@H]12)C[C@@]1(CCCc2cc(Cl)ccc21)CO3. The molecule has 6 rings (SSSR count). The molecule has 2 aromatic rings. The van der Waals surface area contributed by atoms with Crippen LogP contribution in [0.5, 0.6) is 5.75 Å². The molecule has 0 saturated heterocycles. The first-order valence-electron chi connectivity index (χ1n) is 14.7. The number of rotatable bonds is 1. The molecule has 9 heteroatoms. The van der Waals surface area contributed by atoms with Crippen molar-refractivity contribution in [2.45, 2.75) is 63.4 Å². The molecule has 2 aliphatic heterocycles. The monoisotopic (exact) mass is 598 g/mol. The summed E-state index contributed by atoms with van der Waals surface area (Å²) in [6.07, 6.45) is 10.3. The fourth-order valence-corrected chi connectivity index (χ4v) is 8.72. The highest BCUT2D eigenvalue weighted by molar-refractivity contribution is 7.90. The second-order valence-corrected chi connectivity index (χ2v) is 14.9. The minimum absolute atomic E-state index is 0.00994. The summed E-state index contributed by atoms with van der Waals surface area (Å²) < 4.78 is 40.2. The molecule has 1 spiro atoms. The van der Waals surface area contributed by atoms with E-state index < -0.39 is 15.9 Å². The van der Waals surface area contributed by atoms with Crippen LogP contribution in [0, 0.1) is 11.3 Å². The van der Waals surface area contributed by atoms with Crippen molar-refractivity contribution in [3.05, 3.63) is 70.3 Å². The van der Waals surface area contributed by atoms with Crippen molar-refractivity contribution in [3.63, 3.8) is 0 Å². The number of ether oxygens (including phenoxy) is 2. The van der Waals surface area contributed by atoms with Gasteiger partial charge in [-0.3, -0.25) is 4.79 Å². The maximum absolute atomic E-state index is 13.2. The molecule has 7 nitrogen and oxygen atoms in total. The van der Waals surface area contributed by atoms with Crippen molar-refractivity contribution in [2.75, 3.05) is 37.5 Å². The first-order chi connectivity index (χ1) is 19.6. The summed E-state index contributed by atoms with van der Waals surface area (Å²) in [6.45, 7) is 4.37. The Kier molecular flexibility index (Phi) is 7.62. The second kappa shape index (κ2) is 10.9. The average molecular weight is 599 g/mol. The van der Waals surface area contributed by atoms with Gasteiger partial charge in [0.15, 0.2) is 0 Å². The highest BCUT2D eigenvalue weighted by Crippen LogP contribution is 2.52. The van der Waals surface area contributed by atoms with Crippen LogP contribution in [0.2, 0.25) is 5.02 Å². The topological polar surface area (TPSA) is 84.9 Å². The molecule has 1 saturated carbocycles. The summed E-state index contributed by atoms with van der Waals surface area (Å²) in [5, 5.41) is 0.748. The fourth-order valence-electron chi connectivity index (χ4n) is 7.48. The normalized spacial score (nSPS) is 32.0. The molecule has 2 aromatic carbocycles. The van der Waals surface area contributed by atoms with Crippen LogP contribution >= 0.6 is 11.6 Å². The smallest absolute Gasteiger partial charge is 0.264 e. The van der Waals surface area contributed by atoms with Crippen molar-refractivity contribution >= 4 is 33.2 Å². The molecular weight excluding hydrogens is 560 g/mol. The summed E-state index contributed by atoms with van der Waals surface area (Å²) >= 11 is 6.40. The largest absolute Gasteiger partial charge is 0.490 e. The highest BCUT2D eigenvalue weighted by atomic mass is 35.5. The van der Waals surface area contributed by atoms with E-state index in [1.165, 1.54) is 11.1 Å². The van der Waals surface area contributed by atoms with Gasteiger partial charge in [0, 0.05) is 36.2 Å². The van der Waals surface area contributed by atoms with Gasteiger partial charge in [-0.15, -0.1) is 0 Å². The summed E-state index contributed by atoms with van der Waals surface area (Å²) in [4.78, 5) is 15.6. The number of halogens is 1. The Balaban J connectivity index is 1.45. The van der Waals surface area contributed by atoms with Gasteiger partial charge in [-0.2, -0.15) is 0 Å². The number of carbonyl (C=O) groups is 1. The van der Waals surface area contributed by atoms with Crippen molar-refractivity contribution in [1.82, 2.24) is 4.72 Å². The average Bonchev–Trinajstić information content (AvgIpc) is 3.07.